The Labute approximate surface area is 119 Å². The van der Waals surface area contributed by atoms with Crippen molar-refractivity contribution in [2.45, 2.75) is 13.3 Å². The Balaban J connectivity index is 2.04. The number of nitrogens with zero attached hydrogens (tertiary/aromatic N) is 2. The molecule has 1 fully saturated rings. The summed E-state index contributed by atoms with van der Waals surface area (Å²) in [5.41, 5.74) is 7.20. The van der Waals surface area contributed by atoms with Gasteiger partial charge in [0, 0.05) is 37.4 Å². The van der Waals surface area contributed by atoms with E-state index >= 15 is 0 Å². The van der Waals surface area contributed by atoms with Crippen molar-refractivity contribution in [3.8, 4) is 0 Å². The highest BCUT2D eigenvalue weighted by atomic mass is 35.5. The second-order valence-electron chi connectivity index (χ2n) is 4.91. The van der Waals surface area contributed by atoms with Crippen LogP contribution in [0.2, 0.25) is 5.02 Å². The van der Waals surface area contributed by atoms with Gasteiger partial charge in [-0.3, -0.25) is 10.3 Å². The van der Waals surface area contributed by atoms with E-state index in [1.165, 1.54) is 13.0 Å². The van der Waals surface area contributed by atoms with Crippen LogP contribution in [0.3, 0.4) is 0 Å². The normalized spacial score (nSPS) is 16.6. The van der Waals surface area contributed by atoms with Crippen LogP contribution < -0.4 is 10.6 Å². The number of hydrogen-bond acceptors (Lipinski definition) is 3. The molecule has 1 heterocycles. The van der Waals surface area contributed by atoms with E-state index in [1.54, 1.807) is 0 Å². The molecule has 2 rings (SSSR count). The van der Waals surface area contributed by atoms with E-state index in [0.29, 0.717) is 10.6 Å². The van der Waals surface area contributed by atoms with Crippen LogP contribution in [-0.4, -0.2) is 43.5 Å². The first kappa shape index (κ1) is 14.2. The van der Waals surface area contributed by atoms with Crippen LogP contribution >= 0.6 is 11.6 Å². The van der Waals surface area contributed by atoms with Gasteiger partial charge in [0.15, 0.2) is 0 Å². The van der Waals surface area contributed by atoms with Crippen molar-refractivity contribution in [1.82, 2.24) is 4.90 Å². The molecule has 1 saturated heterocycles. The van der Waals surface area contributed by atoms with E-state index < -0.39 is 0 Å². The molecule has 1 aliphatic rings. The van der Waals surface area contributed by atoms with Crippen molar-refractivity contribution in [2.75, 3.05) is 37.6 Å². The predicted octanol–water partition coefficient (Wildman–Crippen LogP) is 2.16. The lowest BCUT2D eigenvalue weighted by atomic mass is 10.1. The molecule has 0 bridgehead atoms. The van der Waals surface area contributed by atoms with Gasteiger partial charge in [-0.2, -0.15) is 0 Å². The van der Waals surface area contributed by atoms with Gasteiger partial charge in [-0.15, -0.1) is 0 Å². The molecular weight excluding hydrogens is 260 g/mol. The molecule has 19 heavy (non-hydrogen) atoms. The van der Waals surface area contributed by atoms with Crippen LogP contribution in [0.1, 0.15) is 18.9 Å². The average Bonchev–Trinajstić information content (AvgIpc) is 2.39. The molecule has 0 amide bonds. The number of hydrogen-bond donors (Lipinski definition) is 2. The van der Waals surface area contributed by atoms with Gasteiger partial charge in [0.25, 0.3) is 0 Å². The molecule has 104 valence electrons. The van der Waals surface area contributed by atoms with E-state index in [1.807, 2.05) is 18.2 Å². The van der Waals surface area contributed by atoms with Crippen molar-refractivity contribution < 1.29 is 0 Å². The topological polar surface area (TPSA) is 56.4 Å². The fourth-order valence-electron chi connectivity index (χ4n) is 2.47. The Morgan fingerprint density at radius 2 is 2.00 bits per heavy atom. The van der Waals surface area contributed by atoms with Crippen LogP contribution in [0.25, 0.3) is 0 Å². The first-order valence-electron chi connectivity index (χ1n) is 6.73. The molecule has 1 aliphatic heterocycles. The van der Waals surface area contributed by atoms with Gasteiger partial charge < -0.3 is 10.6 Å². The minimum absolute atomic E-state index is 0.0179. The van der Waals surface area contributed by atoms with Crippen molar-refractivity contribution in [2.24, 2.45) is 5.73 Å². The number of nitrogen functional groups attached to an aromatic ring is 1. The van der Waals surface area contributed by atoms with Crippen LogP contribution in [0.4, 0.5) is 5.69 Å². The molecular formula is C14H21ClN4. The molecule has 0 saturated carbocycles. The summed E-state index contributed by atoms with van der Waals surface area (Å²) in [5.74, 6) is 0.0179. The van der Waals surface area contributed by atoms with Gasteiger partial charge in [-0.1, -0.05) is 18.5 Å². The zero-order chi connectivity index (χ0) is 13.8. The number of rotatable bonds is 4. The van der Waals surface area contributed by atoms with Gasteiger partial charge in [-0.25, -0.2) is 0 Å². The fourth-order valence-corrected chi connectivity index (χ4v) is 2.74. The van der Waals surface area contributed by atoms with E-state index in [2.05, 4.69) is 16.7 Å². The number of benzene rings is 1. The van der Waals surface area contributed by atoms with Gasteiger partial charge in [-0.05, 0) is 31.2 Å². The standard InChI is InChI=1S/C14H21ClN4/c1-2-5-18-6-8-19(9-7-18)11-3-4-12(14(16)17)13(15)10-11/h3-4,10H,2,5-9H2,1H3,(H3,16,17). The Kier molecular flexibility index (Phi) is 4.66. The molecule has 4 nitrogen and oxygen atoms in total. The average molecular weight is 281 g/mol. The SMILES string of the molecule is CCCN1CCN(c2ccc(C(=N)N)c(Cl)c2)CC1. The monoisotopic (exact) mass is 280 g/mol. The van der Waals surface area contributed by atoms with E-state index in [9.17, 15) is 0 Å². The van der Waals surface area contributed by atoms with Crippen LogP contribution in [0, 0.1) is 5.41 Å². The molecule has 0 aliphatic carbocycles. The smallest absolute Gasteiger partial charge is 0.124 e. The predicted molar refractivity (Wildman–Crippen MR) is 81.4 cm³/mol. The lowest BCUT2D eigenvalue weighted by Crippen LogP contribution is -2.46. The van der Waals surface area contributed by atoms with Crippen LogP contribution in [-0.2, 0) is 0 Å². The second kappa shape index (κ2) is 6.26. The molecule has 0 spiro atoms. The molecule has 5 heteroatoms. The number of piperazine rings is 1. The van der Waals surface area contributed by atoms with Gasteiger partial charge >= 0.3 is 0 Å². The highest BCUT2D eigenvalue weighted by Gasteiger charge is 2.17. The van der Waals surface area contributed by atoms with Crippen LogP contribution in [0.15, 0.2) is 18.2 Å². The number of nitrogens with two attached hydrogens (primary N) is 1. The third-order valence-electron chi connectivity index (χ3n) is 3.52. The highest BCUT2D eigenvalue weighted by molar-refractivity contribution is 6.34. The summed E-state index contributed by atoms with van der Waals surface area (Å²) < 4.78 is 0. The fraction of sp³-hybridized carbons (Fsp3) is 0.500. The largest absolute Gasteiger partial charge is 0.384 e. The highest BCUT2D eigenvalue weighted by Crippen LogP contribution is 2.24. The summed E-state index contributed by atoms with van der Waals surface area (Å²) in [6.45, 7) is 7.63. The molecule has 0 aromatic heterocycles. The molecule has 0 radical (unpaired) electrons. The first-order valence-corrected chi connectivity index (χ1v) is 7.11. The summed E-state index contributed by atoms with van der Waals surface area (Å²) >= 11 is 6.16. The van der Waals surface area contributed by atoms with E-state index in [0.717, 1.165) is 31.9 Å². The zero-order valence-corrected chi connectivity index (χ0v) is 12.1. The number of nitrogens with one attached hydrogen (secondary N) is 1. The van der Waals surface area contributed by atoms with Crippen molar-refractivity contribution in [1.29, 1.82) is 5.41 Å². The maximum absolute atomic E-state index is 7.44. The Morgan fingerprint density at radius 1 is 1.32 bits per heavy atom. The third kappa shape index (κ3) is 3.39. The lowest BCUT2D eigenvalue weighted by molar-refractivity contribution is 0.258. The lowest BCUT2D eigenvalue weighted by Gasteiger charge is -2.36. The van der Waals surface area contributed by atoms with Crippen molar-refractivity contribution in [3.05, 3.63) is 28.8 Å². The molecule has 0 atom stereocenters. The second-order valence-corrected chi connectivity index (χ2v) is 5.31. The molecule has 0 unspecified atom stereocenters. The number of anilines is 1. The summed E-state index contributed by atoms with van der Waals surface area (Å²) in [4.78, 5) is 4.82. The Bertz CT molecular complexity index is 453. The molecule has 3 N–H and O–H groups in total. The third-order valence-corrected chi connectivity index (χ3v) is 3.83. The zero-order valence-electron chi connectivity index (χ0n) is 11.3. The molecule has 1 aromatic rings. The maximum atomic E-state index is 7.44. The van der Waals surface area contributed by atoms with Crippen molar-refractivity contribution >= 4 is 23.1 Å². The molecule has 1 aromatic carbocycles. The summed E-state index contributed by atoms with van der Waals surface area (Å²) in [7, 11) is 0. The summed E-state index contributed by atoms with van der Waals surface area (Å²) in [5, 5.41) is 7.99. The van der Waals surface area contributed by atoms with Crippen LogP contribution in [0.5, 0.6) is 0 Å². The van der Waals surface area contributed by atoms with E-state index in [4.69, 9.17) is 22.7 Å². The minimum Gasteiger partial charge on any atom is -0.384 e. The van der Waals surface area contributed by atoms with Gasteiger partial charge in [0.2, 0.25) is 0 Å². The summed E-state index contributed by atoms with van der Waals surface area (Å²) in [6.07, 6.45) is 1.21. The van der Waals surface area contributed by atoms with E-state index in [-0.39, 0.29) is 5.84 Å². The maximum Gasteiger partial charge on any atom is 0.124 e. The van der Waals surface area contributed by atoms with Gasteiger partial charge in [0.05, 0.1) is 5.02 Å². The summed E-state index contributed by atoms with van der Waals surface area (Å²) in [6, 6.07) is 5.74. The van der Waals surface area contributed by atoms with Gasteiger partial charge in [0.1, 0.15) is 5.84 Å². The van der Waals surface area contributed by atoms with Crippen molar-refractivity contribution in [3.63, 3.8) is 0 Å². The Morgan fingerprint density at radius 3 is 2.53 bits per heavy atom. The first-order chi connectivity index (χ1) is 9.11. The number of halogens is 1. The minimum atomic E-state index is 0.0179. The number of amidine groups is 1. The Hall–Kier alpha value is -1.26. The quantitative estimate of drug-likeness (QED) is 0.656.